The van der Waals surface area contributed by atoms with Crippen LogP contribution in [0.1, 0.15) is 71.1 Å². The molecule has 0 N–H and O–H groups in total. The molecule has 3 heteroatoms. The first-order valence-corrected chi connectivity index (χ1v) is 9.82. The lowest BCUT2D eigenvalue weighted by molar-refractivity contribution is -0.204. The number of hydrogen-bond acceptors (Lipinski definition) is 2. The number of halogens is 1. The van der Waals surface area contributed by atoms with Crippen LogP contribution in [0.2, 0.25) is 0 Å². The summed E-state index contributed by atoms with van der Waals surface area (Å²) in [6.45, 7) is 3.95. The van der Waals surface area contributed by atoms with Gasteiger partial charge in [0, 0.05) is 5.92 Å². The van der Waals surface area contributed by atoms with Crippen LogP contribution in [-0.2, 0) is 9.47 Å². The first-order valence-electron chi connectivity index (χ1n) is 9.82. The molecule has 2 nitrogen and oxygen atoms in total. The summed E-state index contributed by atoms with van der Waals surface area (Å²) in [6.07, 6.45) is 13.4. The van der Waals surface area contributed by atoms with Gasteiger partial charge < -0.3 is 9.47 Å². The average Bonchev–Trinajstić information content (AvgIpc) is 2.61. The Bertz CT molecular complexity index is 379. The molecule has 2 fully saturated rings. The SMILES string of the molecule is CC[C@H]1CO[C@H](CC[C@H]2CC[C@H](C3CC=C(F)CC3)CC2)OC1. The Morgan fingerprint density at radius 2 is 1.70 bits per heavy atom. The first-order chi connectivity index (χ1) is 11.2. The maximum atomic E-state index is 13.1. The second kappa shape index (κ2) is 8.62. The molecule has 1 saturated carbocycles. The number of rotatable bonds is 5. The van der Waals surface area contributed by atoms with E-state index in [4.69, 9.17) is 9.47 Å². The van der Waals surface area contributed by atoms with Crippen LogP contribution in [0, 0.1) is 23.7 Å². The van der Waals surface area contributed by atoms with Gasteiger partial charge in [0.05, 0.1) is 19.0 Å². The van der Waals surface area contributed by atoms with Crippen molar-refractivity contribution in [2.24, 2.45) is 23.7 Å². The van der Waals surface area contributed by atoms with Crippen molar-refractivity contribution in [3.05, 3.63) is 11.9 Å². The van der Waals surface area contributed by atoms with Crippen LogP contribution in [0.15, 0.2) is 11.9 Å². The predicted molar refractivity (Wildman–Crippen MR) is 90.7 cm³/mol. The van der Waals surface area contributed by atoms with E-state index in [0.29, 0.717) is 12.3 Å². The molecule has 3 rings (SSSR count). The van der Waals surface area contributed by atoms with Gasteiger partial charge in [-0.1, -0.05) is 25.8 Å². The molecule has 1 atom stereocenters. The largest absolute Gasteiger partial charge is 0.352 e. The molecule has 3 aliphatic rings. The second-order valence-corrected chi connectivity index (χ2v) is 7.91. The quantitative estimate of drug-likeness (QED) is 0.653. The van der Waals surface area contributed by atoms with E-state index >= 15 is 0 Å². The summed E-state index contributed by atoms with van der Waals surface area (Å²) >= 11 is 0. The Kier molecular flexibility index (Phi) is 6.52. The zero-order valence-corrected chi connectivity index (χ0v) is 14.6. The van der Waals surface area contributed by atoms with E-state index in [1.165, 1.54) is 32.1 Å². The maximum Gasteiger partial charge on any atom is 0.157 e. The van der Waals surface area contributed by atoms with E-state index in [9.17, 15) is 4.39 Å². The molecule has 2 aliphatic carbocycles. The van der Waals surface area contributed by atoms with Crippen LogP contribution in [0.5, 0.6) is 0 Å². The highest BCUT2D eigenvalue weighted by atomic mass is 19.1. The van der Waals surface area contributed by atoms with E-state index in [1.807, 2.05) is 6.08 Å². The normalized spacial score (nSPS) is 39.0. The highest BCUT2D eigenvalue weighted by Crippen LogP contribution is 2.41. The van der Waals surface area contributed by atoms with Crippen LogP contribution in [-0.4, -0.2) is 19.5 Å². The highest BCUT2D eigenvalue weighted by molar-refractivity contribution is 4.99. The van der Waals surface area contributed by atoms with Crippen LogP contribution < -0.4 is 0 Å². The van der Waals surface area contributed by atoms with E-state index in [1.54, 1.807) is 0 Å². The fraction of sp³-hybridized carbons (Fsp3) is 0.900. The summed E-state index contributed by atoms with van der Waals surface area (Å²) in [5.74, 6) is 3.14. The van der Waals surface area contributed by atoms with Gasteiger partial charge in [-0.05, 0) is 69.1 Å². The molecule has 0 bridgehead atoms. The standard InChI is InChI=1S/C20H33FO2/c1-2-15-13-22-20(23-14-15)12-5-16-3-6-17(7-4-16)18-8-10-19(21)11-9-18/h10,15-18,20H,2-9,11-14H2,1H3/t15-,16-,17-,18?,20-. The van der Waals surface area contributed by atoms with Gasteiger partial charge in [0.2, 0.25) is 0 Å². The summed E-state index contributed by atoms with van der Waals surface area (Å²) in [5, 5.41) is 0. The van der Waals surface area contributed by atoms with Gasteiger partial charge >= 0.3 is 0 Å². The summed E-state index contributed by atoms with van der Waals surface area (Å²) in [7, 11) is 0. The van der Waals surface area contributed by atoms with Crippen LogP contribution >= 0.6 is 0 Å². The topological polar surface area (TPSA) is 18.5 Å². The van der Waals surface area contributed by atoms with Crippen LogP contribution in [0.4, 0.5) is 4.39 Å². The number of ether oxygens (including phenoxy) is 2. The zero-order chi connectivity index (χ0) is 16.1. The molecule has 0 aromatic heterocycles. The van der Waals surface area contributed by atoms with Gasteiger partial charge in [-0.15, -0.1) is 0 Å². The Hall–Kier alpha value is -0.410. The molecule has 0 amide bonds. The Morgan fingerprint density at radius 3 is 2.30 bits per heavy atom. The highest BCUT2D eigenvalue weighted by Gasteiger charge is 2.29. The fourth-order valence-corrected chi connectivity index (χ4v) is 4.56. The lowest BCUT2D eigenvalue weighted by Crippen LogP contribution is -2.32. The minimum Gasteiger partial charge on any atom is -0.352 e. The Morgan fingerprint density at radius 1 is 0.957 bits per heavy atom. The minimum atomic E-state index is 0.0435. The lowest BCUT2D eigenvalue weighted by Gasteiger charge is -2.35. The summed E-state index contributed by atoms with van der Waals surface area (Å²) in [5.41, 5.74) is 0. The van der Waals surface area contributed by atoms with Crippen molar-refractivity contribution in [1.82, 2.24) is 0 Å². The van der Waals surface area contributed by atoms with Crippen LogP contribution in [0.25, 0.3) is 0 Å². The fourth-order valence-electron chi connectivity index (χ4n) is 4.56. The van der Waals surface area contributed by atoms with Gasteiger partial charge in [0.15, 0.2) is 6.29 Å². The third-order valence-electron chi connectivity index (χ3n) is 6.38. The number of allylic oxidation sites excluding steroid dienone is 2. The molecule has 1 saturated heterocycles. The van der Waals surface area contributed by atoms with Gasteiger partial charge in [-0.25, -0.2) is 4.39 Å². The smallest absolute Gasteiger partial charge is 0.157 e. The van der Waals surface area contributed by atoms with E-state index < -0.39 is 0 Å². The van der Waals surface area contributed by atoms with Crippen molar-refractivity contribution in [2.45, 2.75) is 77.4 Å². The van der Waals surface area contributed by atoms with Crippen molar-refractivity contribution in [3.63, 3.8) is 0 Å². The predicted octanol–water partition coefficient (Wildman–Crippen LogP) is 5.63. The average molecular weight is 324 g/mol. The third-order valence-corrected chi connectivity index (χ3v) is 6.38. The van der Waals surface area contributed by atoms with E-state index in [0.717, 1.165) is 56.7 Å². The molecule has 1 unspecified atom stereocenters. The molecule has 0 spiro atoms. The number of hydrogen-bond donors (Lipinski definition) is 0. The Labute approximate surface area is 140 Å². The molecular weight excluding hydrogens is 291 g/mol. The molecule has 0 radical (unpaired) electrons. The monoisotopic (exact) mass is 324 g/mol. The summed E-state index contributed by atoms with van der Waals surface area (Å²) < 4.78 is 24.8. The van der Waals surface area contributed by atoms with E-state index in [2.05, 4.69) is 6.92 Å². The molecule has 23 heavy (non-hydrogen) atoms. The second-order valence-electron chi connectivity index (χ2n) is 7.91. The third kappa shape index (κ3) is 5.03. The lowest BCUT2D eigenvalue weighted by atomic mass is 9.71. The van der Waals surface area contributed by atoms with E-state index in [-0.39, 0.29) is 12.1 Å². The molecule has 1 heterocycles. The Balaban J connectivity index is 1.32. The van der Waals surface area contributed by atoms with Crippen molar-refractivity contribution >= 4 is 0 Å². The van der Waals surface area contributed by atoms with Crippen molar-refractivity contribution in [3.8, 4) is 0 Å². The summed E-state index contributed by atoms with van der Waals surface area (Å²) in [4.78, 5) is 0. The first kappa shape index (κ1) is 17.4. The molecule has 0 aromatic rings. The van der Waals surface area contributed by atoms with Crippen LogP contribution in [0.3, 0.4) is 0 Å². The van der Waals surface area contributed by atoms with Gasteiger partial charge in [-0.3, -0.25) is 0 Å². The molecule has 0 aromatic carbocycles. The maximum absolute atomic E-state index is 13.1. The summed E-state index contributed by atoms with van der Waals surface area (Å²) in [6, 6.07) is 0. The molecule has 132 valence electrons. The zero-order valence-electron chi connectivity index (χ0n) is 14.6. The van der Waals surface area contributed by atoms with Crippen molar-refractivity contribution in [1.29, 1.82) is 0 Å². The van der Waals surface area contributed by atoms with Gasteiger partial charge in [0.1, 0.15) is 0 Å². The van der Waals surface area contributed by atoms with Crippen molar-refractivity contribution < 1.29 is 13.9 Å². The van der Waals surface area contributed by atoms with Crippen molar-refractivity contribution in [2.75, 3.05) is 13.2 Å². The minimum absolute atomic E-state index is 0.0435. The molecular formula is C20H33FO2. The van der Waals surface area contributed by atoms with Gasteiger partial charge in [0.25, 0.3) is 0 Å². The molecule has 1 aliphatic heterocycles. The van der Waals surface area contributed by atoms with Gasteiger partial charge in [-0.2, -0.15) is 0 Å².